The van der Waals surface area contributed by atoms with Crippen LogP contribution >= 0.6 is 15.9 Å². The molecule has 0 radical (unpaired) electrons. The SMILES string of the molecule is O=C(Nc1ccc(OC(F)F)cc1)c1cc(Br)ccc1F. The van der Waals surface area contributed by atoms with E-state index in [9.17, 15) is 18.0 Å². The zero-order valence-electron chi connectivity index (χ0n) is 10.4. The van der Waals surface area contributed by atoms with E-state index in [1.54, 1.807) is 0 Å². The second kappa shape index (κ2) is 6.62. The zero-order valence-corrected chi connectivity index (χ0v) is 12.0. The summed E-state index contributed by atoms with van der Waals surface area (Å²) < 4.78 is 42.3. The molecule has 0 aliphatic rings. The van der Waals surface area contributed by atoms with Crippen molar-refractivity contribution in [1.29, 1.82) is 0 Å². The quantitative estimate of drug-likeness (QED) is 0.876. The Kier molecular flexibility index (Phi) is 4.85. The minimum atomic E-state index is -2.92. The number of hydrogen-bond donors (Lipinski definition) is 1. The van der Waals surface area contributed by atoms with Gasteiger partial charge >= 0.3 is 6.61 Å². The Morgan fingerprint density at radius 2 is 1.81 bits per heavy atom. The molecule has 2 aromatic carbocycles. The Morgan fingerprint density at radius 3 is 2.43 bits per heavy atom. The highest BCUT2D eigenvalue weighted by Crippen LogP contribution is 2.20. The van der Waals surface area contributed by atoms with Gasteiger partial charge in [-0.05, 0) is 42.5 Å². The Hall–Kier alpha value is -2.02. The van der Waals surface area contributed by atoms with Gasteiger partial charge < -0.3 is 10.1 Å². The summed E-state index contributed by atoms with van der Waals surface area (Å²) in [6.45, 7) is -2.92. The van der Waals surface area contributed by atoms with Gasteiger partial charge in [-0.2, -0.15) is 8.78 Å². The summed E-state index contributed by atoms with van der Waals surface area (Å²) in [5.41, 5.74) is 0.207. The van der Waals surface area contributed by atoms with Gasteiger partial charge in [-0.3, -0.25) is 4.79 Å². The number of amides is 1. The maximum absolute atomic E-state index is 13.5. The van der Waals surface area contributed by atoms with Crippen LogP contribution in [0.3, 0.4) is 0 Å². The first-order valence-corrected chi connectivity index (χ1v) is 6.56. The van der Waals surface area contributed by atoms with Crippen LogP contribution in [0.1, 0.15) is 10.4 Å². The van der Waals surface area contributed by atoms with Crippen molar-refractivity contribution in [2.75, 3.05) is 5.32 Å². The van der Waals surface area contributed by atoms with Gasteiger partial charge in [0.25, 0.3) is 5.91 Å². The average molecular weight is 360 g/mol. The maximum Gasteiger partial charge on any atom is 0.387 e. The second-order valence-corrected chi connectivity index (χ2v) is 4.90. The molecule has 1 N–H and O–H groups in total. The molecule has 0 aliphatic heterocycles. The molecule has 2 aromatic rings. The van der Waals surface area contributed by atoms with Crippen molar-refractivity contribution >= 4 is 27.5 Å². The highest BCUT2D eigenvalue weighted by Gasteiger charge is 2.12. The standard InChI is InChI=1S/C14H9BrF3NO2/c15-8-1-6-12(16)11(7-8)13(20)19-9-2-4-10(5-3-9)21-14(17)18/h1-7,14H,(H,19,20). The number of rotatable bonds is 4. The number of hydrogen-bond acceptors (Lipinski definition) is 2. The lowest BCUT2D eigenvalue weighted by atomic mass is 10.2. The minimum Gasteiger partial charge on any atom is -0.435 e. The van der Waals surface area contributed by atoms with Crippen molar-refractivity contribution in [3.63, 3.8) is 0 Å². The van der Waals surface area contributed by atoms with E-state index in [0.717, 1.165) is 0 Å². The third-order valence-corrected chi connectivity index (χ3v) is 3.00. The Morgan fingerprint density at radius 1 is 1.14 bits per heavy atom. The summed E-state index contributed by atoms with van der Waals surface area (Å²) >= 11 is 3.15. The van der Waals surface area contributed by atoms with Crippen LogP contribution < -0.4 is 10.1 Å². The highest BCUT2D eigenvalue weighted by atomic mass is 79.9. The zero-order chi connectivity index (χ0) is 15.4. The Balaban J connectivity index is 2.10. The monoisotopic (exact) mass is 359 g/mol. The Labute approximate surface area is 126 Å². The fraction of sp³-hybridized carbons (Fsp3) is 0.0714. The minimum absolute atomic E-state index is 0.0309. The van der Waals surface area contributed by atoms with Crippen LogP contribution in [0.4, 0.5) is 18.9 Å². The van der Waals surface area contributed by atoms with Gasteiger partial charge in [0.05, 0.1) is 5.56 Å². The van der Waals surface area contributed by atoms with E-state index in [1.165, 1.54) is 42.5 Å². The summed E-state index contributed by atoms with van der Waals surface area (Å²) in [5, 5.41) is 2.46. The molecule has 0 saturated carbocycles. The molecular weight excluding hydrogens is 351 g/mol. The molecule has 0 heterocycles. The topological polar surface area (TPSA) is 38.3 Å². The van der Waals surface area contributed by atoms with Crippen molar-refractivity contribution in [2.24, 2.45) is 0 Å². The molecule has 21 heavy (non-hydrogen) atoms. The van der Waals surface area contributed by atoms with Gasteiger partial charge in [-0.25, -0.2) is 4.39 Å². The third kappa shape index (κ3) is 4.22. The molecule has 0 fully saturated rings. The normalized spacial score (nSPS) is 10.5. The van der Waals surface area contributed by atoms with Crippen LogP contribution in [0.25, 0.3) is 0 Å². The molecule has 110 valence electrons. The van der Waals surface area contributed by atoms with Crippen molar-refractivity contribution in [3.8, 4) is 5.75 Å². The van der Waals surface area contributed by atoms with Crippen LogP contribution in [0.5, 0.6) is 5.75 Å². The first-order valence-electron chi connectivity index (χ1n) is 5.77. The van der Waals surface area contributed by atoms with Gasteiger partial charge in [-0.1, -0.05) is 15.9 Å². The molecule has 1 amide bonds. The van der Waals surface area contributed by atoms with Crippen LogP contribution in [0.15, 0.2) is 46.9 Å². The summed E-state index contributed by atoms with van der Waals surface area (Å²) in [7, 11) is 0. The molecule has 0 unspecified atom stereocenters. The number of nitrogens with one attached hydrogen (secondary N) is 1. The summed E-state index contributed by atoms with van der Waals surface area (Å²) in [5.74, 6) is -1.33. The van der Waals surface area contributed by atoms with Crippen LogP contribution in [-0.4, -0.2) is 12.5 Å². The summed E-state index contributed by atoms with van der Waals surface area (Å²) in [6.07, 6.45) is 0. The maximum atomic E-state index is 13.5. The number of anilines is 1. The molecule has 7 heteroatoms. The molecule has 0 aromatic heterocycles. The lowest BCUT2D eigenvalue weighted by Crippen LogP contribution is -2.13. The van der Waals surface area contributed by atoms with E-state index < -0.39 is 18.3 Å². The number of halogens is 4. The summed E-state index contributed by atoms with van der Waals surface area (Å²) in [4.78, 5) is 11.9. The molecule has 0 spiro atoms. The van der Waals surface area contributed by atoms with Crippen LogP contribution in [0, 0.1) is 5.82 Å². The molecule has 0 atom stereocenters. The van der Waals surface area contributed by atoms with Gasteiger partial charge in [0.2, 0.25) is 0 Å². The molecule has 0 bridgehead atoms. The summed E-state index contributed by atoms with van der Waals surface area (Å²) in [6, 6.07) is 9.30. The van der Waals surface area contributed by atoms with Gasteiger partial charge in [0, 0.05) is 10.2 Å². The van der Waals surface area contributed by atoms with E-state index >= 15 is 0 Å². The van der Waals surface area contributed by atoms with Crippen LogP contribution in [0.2, 0.25) is 0 Å². The van der Waals surface area contributed by atoms with E-state index in [1.807, 2.05) is 0 Å². The molecule has 3 nitrogen and oxygen atoms in total. The van der Waals surface area contributed by atoms with Gasteiger partial charge in [0.1, 0.15) is 11.6 Å². The van der Waals surface area contributed by atoms with E-state index in [-0.39, 0.29) is 11.3 Å². The van der Waals surface area contributed by atoms with Gasteiger partial charge in [-0.15, -0.1) is 0 Å². The first-order chi connectivity index (χ1) is 9.95. The lowest BCUT2D eigenvalue weighted by molar-refractivity contribution is -0.0498. The largest absolute Gasteiger partial charge is 0.435 e. The number of carbonyl (C=O) groups is 1. The van der Waals surface area contributed by atoms with Gasteiger partial charge in [0.15, 0.2) is 0 Å². The number of ether oxygens (including phenoxy) is 1. The van der Waals surface area contributed by atoms with E-state index in [2.05, 4.69) is 26.0 Å². The average Bonchev–Trinajstić information content (AvgIpc) is 2.43. The highest BCUT2D eigenvalue weighted by molar-refractivity contribution is 9.10. The number of carbonyl (C=O) groups excluding carboxylic acids is 1. The van der Waals surface area contributed by atoms with Crippen molar-refractivity contribution in [1.82, 2.24) is 0 Å². The fourth-order valence-electron chi connectivity index (χ4n) is 1.59. The number of benzene rings is 2. The lowest BCUT2D eigenvalue weighted by Gasteiger charge is -2.08. The second-order valence-electron chi connectivity index (χ2n) is 3.98. The van der Waals surface area contributed by atoms with Crippen molar-refractivity contribution in [3.05, 3.63) is 58.3 Å². The van der Waals surface area contributed by atoms with E-state index in [4.69, 9.17) is 0 Å². The predicted octanol–water partition coefficient (Wildman–Crippen LogP) is 4.44. The number of alkyl halides is 2. The third-order valence-electron chi connectivity index (χ3n) is 2.51. The van der Waals surface area contributed by atoms with Crippen LogP contribution in [-0.2, 0) is 0 Å². The molecule has 0 aliphatic carbocycles. The molecular formula is C14H9BrF3NO2. The fourth-order valence-corrected chi connectivity index (χ4v) is 1.95. The smallest absolute Gasteiger partial charge is 0.387 e. The van der Waals surface area contributed by atoms with Crippen molar-refractivity contribution in [2.45, 2.75) is 6.61 Å². The van der Waals surface area contributed by atoms with Crippen molar-refractivity contribution < 1.29 is 22.7 Å². The molecule has 0 saturated heterocycles. The predicted molar refractivity (Wildman–Crippen MR) is 75.1 cm³/mol. The Bertz CT molecular complexity index is 647. The first kappa shape index (κ1) is 15.4. The molecule has 2 rings (SSSR count). The van der Waals surface area contributed by atoms with E-state index in [0.29, 0.717) is 10.2 Å².